The highest BCUT2D eigenvalue weighted by Gasteiger charge is 2.04. The highest BCUT2D eigenvalue weighted by atomic mass is 16.1. The van der Waals surface area contributed by atoms with E-state index < -0.39 is 0 Å². The van der Waals surface area contributed by atoms with Crippen LogP contribution in [0.4, 0.5) is 5.69 Å². The zero-order valence-electron chi connectivity index (χ0n) is 10.5. The number of benzene rings is 1. The molecule has 0 spiro atoms. The lowest BCUT2D eigenvalue weighted by molar-refractivity contribution is -0.118. The van der Waals surface area contributed by atoms with Crippen LogP contribution in [-0.2, 0) is 4.79 Å². The molecule has 0 heterocycles. The van der Waals surface area contributed by atoms with Crippen molar-refractivity contribution in [3.05, 3.63) is 29.8 Å². The Kier molecular flexibility index (Phi) is 5.87. The molecule has 0 bridgehead atoms. The predicted molar refractivity (Wildman–Crippen MR) is 71.4 cm³/mol. The summed E-state index contributed by atoms with van der Waals surface area (Å²) in [5, 5.41) is 5.73. The number of anilines is 1. The minimum absolute atomic E-state index is 0.0156. The van der Waals surface area contributed by atoms with E-state index in [-0.39, 0.29) is 18.2 Å². The molecule has 0 unspecified atom stereocenters. The summed E-state index contributed by atoms with van der Waals surface area (Å²) in [7, 11) is 0. The maximum Gasteiger partial charge on any atom is 0.216 e. The molecule has 0 aromatic heterocycles. The van der Waals surface area contributed by atoms with Crippen LogP contribution in [-0.4, -0.2) is 31.3 Å². The van der Waals surface area contributed by atoms with Gasteiger partial charge in [0.2, 0.25) is 5.91 Å². The number of carbonyl (C=O) groups excluding carboxylic acids is 2. The summed E-state index contributed by atoms with van der Waals surface area (Å²) in [5.74, 6) is -0.0207. The summed E-state index contributed by atoms with van der Waals surface area (Å²) in [5.41, 5.74) is 6.81. The van der Waals surface area contributed by atoms with E-state index in [0.29, 0.717) is 24.3 Å². The summed E-state index contributed by atoms with van der Waals surface area (Å²) in [6.45, 7) is 3.07. The number of hydrogen-bond donors (Lipinski definition) is 3. The van der Waals surface area contributed by atoms with Crippen molar-refractivity contribution in [3.8, 4) is 0 Å². The highest BCUT2D eigenvalue weighted by Crippen LogP contribution is 2.06. The molecule has 5 nitrogen and oxygen atoms in total. The van der Waals surface area contributed by atoms with Gasteiger partial charge in [-0.25, -0.2) is 0 Å². The first kappa shape index (κ1) is 14.2. The molecule has 1 aromatic rings. The van der Waals surface area contributed by atoms with Crippen molar-refractivity contribution in [2.45, 2.75) is 13.3 Å². The molecule has 0 aliphatic carbocycles. The second-order valence-electron chi connectivity index (χ2n) is 4.06. The SMILES string of the molecule is CC(=O)NCCCNCC(=O)c1cccc(N)c1. The van der Waals surface area contributed by atoms with Gasteiger partial charge in [-0.2, -0.15) is 0 Å². The average Bonchev–Trinajstić information content (AvgIpc) is 2.33. The lowest BCUT2D eigenvalue weighted by atomic mass is 10.1. The van der Waals surface area contributed by atoms with E-state index in [9.17, 15) is 9.59 Å². The van der Waals surface area contributed by atoms with Gasteiger partial charge in [-0.3, -0.25) is 9.59 Å². The monoisotopic (exact) mass is 249 g/mol. The maximum absolute atomic E-state index is 11.8. The Balaban J connectivity index is 2.20. The first-order valence-electron chi connectivity index (χ1n) is 5.93. The van der Waals surface area contributed by atoms with Crippen LogP contribution < -0.4 is 16.4 Å². The van der Waals surface area contributed by atoms with Crippen molar-refractivity contribution >= 4 is 17.4 Å². The normalized spacial score (nSPS) is 10.1. The summed E-state index contributed by atoms with van der Waals surface area (Å²) in [6, 6.07) is 6.93. The number of Topliss-reactive ketones (excluding diaryl/α,β-unsaturated/α-hetero) is 1. The van der Waals surface area contributed by atoms with E-state index in [1.807, 2.05) is 0 Å². The highest BCUT2D eigenvalue weighted by molar-refractivity contribution is 5.98. The van der Waals surface area contributed by atoms with Crippen LogP contribution >= 0.6 is 0 Å². The van der Waals surface area contributed by atoms with E-state index in [2.05, 4.69) is 10.6 Å². The van der Waals surface area contributed by atoms with E-state index in [1.165, 1.54) is 6.92 Å². The Labute approximate surface area is 107 Å². The number of nitrogens with two attached hydrogens (primary N) is 1. The number of ketones is 1. The van der Waals surface area contributed by atoms with Gasteiger partial charge >= 0.3 is 0 Å². The molecule has 0 radical (unpaired) electrons. The van der Waals surface area contributed by atoms with Crippen LogP contribution in [0.5, 0.6) is 0 Å². The molecule has 0 saturated heterocycles. The van der Waals surface area contributed by atoms with Gasteiger partial charge in [0.25, 0.3) is 0 Å². The largest absolute Gasteiger partial charge is 0.399 e. The van der Waals surface area contributed by atoms with Gasteiger partial charge < -0.3 is 16.4 Å². The van der Waals surface area contributed by atoms with Crippen molar-refractivity contribution in [2.75, 3.05) is 25.4 Å². The lowest BCUT2D eigenvalue weighted by Gasteiger charge is -2.05. The maximum atomic E-state index is 11.8. The minimum Gasteiger partial charge on any atom is -0.399 e. The summed E-state index contributed by atoms with van der Waals surface area (Å²) in [6.07, 6.45) is 0.795. The molecule has 0 aliphatic heterocycles. The van der Waals surface area contributed by atoms with E-state index >= 15 is 0 Å². The molecule has 0 aliphatic rings. The van der Waals surface area contributed by atoms with E-state index in [1.54, 1.807) is 24.3 Å². The molecule has 1 amide bonds. The fourth-order valence-corrected chi connectivity index (χ4v) is 1.49. The lowest BCUT2D eigenvalue weighted by Crippen LogP contribution is -2.28. The third-order valence-electron chi connectivity index (χ3n) is 2.40. The number of amides is 1. The molecule has 98 valence electrons. The van der Waals surface area contributed by atoms with Crippen molar-refractivity contribution in [2.24, 2.45) is 0 Å². The first-order valence-corrected chi connectivity index (χ1v) is 5.93. The minimum atomic E-state index is -0.0363. The molecule has 1 rings (SSSR count). The Morgan fingerprint density at radius 1 is 1.28 bits per heavy atom. The molecule has 18 heavy (non-hydrogen) atoms. The number of carbonyl (C=O) groups is 2. The summed E-state index contributed by atoms with van der Waals surface area (Å²) >= 11 is 0. The second kappa shape index (κ2) is 7.45. The van der Waals surface area contributed by atoms with Crippen molar-refractivity contribution in [1.29, 1.82) is 0 Å². The Bertz CT molecular complexity index is 418. The van der Waals surface area contributed by atoms with Gasteiger partial charge in [0.1, 0.15) is 0 Å². The number of nitrogen functional groups attached to an aromatic ring is 1. The van der Waals surface area contributed by atoms with Crippen LogP contribution in [0.1, 0.15) is 23.7 Å². The average molecular weight is 249 g/mol. The second-order valence-corrected chi connectivity index (χ2v) is 4.06. The van der Waals surface area contributed by atoms with Crippen LogP contribution in [0.25, 0.3) is 0 Å². The fraction of sp³-hybridized carbons (Fsp3) is 0.385. The zero-order valence-corrected chi connectivity index (χ0v) is 10.5. The van der Waals surface area contributed by atoms with Crippen molar-refractivity contribution < 1.29 is 9.59 Å². The standard InChI is InChI=1S/C13H19N3O2/c1-10(17)16-7-3-6-15-9-13(18)11-4-2-5-12(14)8-11/h2,4-5,8,15H,3,6-7,9,14H2,1H3,(H,16,17). The smallest absolute Gasteiger partial charge is 0.216 e. The molecule has 4 N–H and O–H groups in total. The molecular formula is C13H19N3O2. The van der Waals surface area contributed by atoms with Gasteiger partial charge in [0, 0.05) is 24.7 Å². The first-order chi connectivity index (χ1) is 8.59. The topological polar surface area (TPSA) is 84.2 Å². The third kappa shape index (κ3) is 5.45. The molecule has 0 fully saturated rings. The van der Waals surface area contributed by atoms with Crippen LogP contribution in [0.2, 0.25) is 0 Å². The molecule has 5 heteroatoms. The number of hydrogen-bond acceptors (Lipinski definition) is 4. The predicted octanol–water partition coefficient (Wildman–Crippen LogP) is 0.567. The Morgan fingerprint density at radius 2 is 2.06 bits per heavy atom. The zero-order chi connectivity index (χ0) is 13.4. The summed E-state index contributed by atoms with van der Waals surface area (Å²) in [4.78, 5) is 22.4. The van der Waals surface area contributed by atoms with Gasteiger partial charge in [-0.05, 0) is 25.1 Å². The number of rotatable bonds is 7. The van der Waals surface area contributed by atoms with Crippen molar-refractivity contribution in [1.82, 2.24) is 10.6 Å². The van der Waals surface area contributed by atoms with Crippen LogP contribution in [0.3, 0.4) is 0 Å². The van der Waals surface area contributed by atoms with Gasteiger partial charge in [0.05, 0.1) is 6.54 Å². The molecule has 0 saturated carbocycles. The van der Waals surface area contributed by atoms with Gasteiger partial charge in [-0.15, -0.1) is 0 Å². The van der Waals surface area contributed by atoms with Crippen molar-refractivity contribution in [3.63, 3.8) is 0 Å². The summed E-state index contributed by atoms with van der Waals surface area (Å²) < 4.78 is 0. The fourth-order valence-electron chi connectivity index (χ4n) is 1.49. The molecular weight excluding hydrogens is 230 g/mol. The van der Waals surface area contributed by atoms with Crippen LogP contribution in [0.15, 0.2) is 24.3 Å². The van der Waals surface area contributed by atoms with E-state index in [0.717, 1.165) is 6.42 Å². The molecule has 0 atom stereocenters. The molecule has 1 aromatic carbocycles. The Hall–Kier alpha value is -1.88. The Morgan fingerprint density at radius 3 is 2.72 bits per heavy atom. The van der Waals surface area contributed by atoms with Gasteiger partial charge in [0.15, 0.2) is 5.78 Å². The third-order valence-corrected chi connectivity index (χ3v) is 2.40. The quantitative estimate of drug-likeness (QED) is 0.375. The van der Waals surface area contributed by atoms with Gasteiger partial charge in [-0.1, -0.05) is 12.1 Å². The van der Waals surface area contributed by atoms with E-state index in [4.69, 9.17) is 5.73 Å². The number of nitrogens with one attached hydrogen (secondary N) is 2. The van der Waals surface area contributed by atoms with Crippen LogP contribution in [0, 0.1) is 0 Å².